The largest absolute Gasteiger partial charge is 0.339 e. The average molecular weight is 438 g/mol. The first-order valence-corrected chi connectivity index (χ1v) is 11.0. The minimum atomic E-state index is -0.684. The van der Waals surface area contributed by atoms with Crippen molar-refractivity contribution in [2.75, 3.05) is 25.5 Å². The highest BCUT2D eigenvalue weighted by Crippen LogP contribution is 2.35. The number of carbonyl (C=O) groups excluding carboxylic acids is 2. The average Bonchev–Trinajstić information content (AvgIpc) is 3.09. The number of aromatic nitrogens is 2. The van der Waals surface area contributed by atoms with Gasteiger partial charge in [-0.05, 0) is 45.1 Å². The number of anilines is 1. The highest BCUT2D eigenvalue weighted by atomic mass is 16.5. The highest BCUT2D eigenvalue weighted by Gasteiger charge is 2.39. The zero-order valence-electron chi connectivity index (χ0n) is 19.1. The van der Waals surface area contributed by atoms with Crippen molar-refractivity contribution < 1.29 is 14.1 Å². The van der Waals surface area contributed by atoms with E-state index < -0.39 is 5.54 Å². The van der Waals surface area contributed by atoms with E-state index in [9.17, 15) is 9.59 Å². The lowest BCUT2D eigenvalue weighted by Crippen LogP contribution is -2.46. The molecule has 1 heterocycles. The maximum atomic E-state index is 13.3. The molecule has 0 unspecified atom stereocenters. The predicted octanol–water partition coefficient (Wildman–Crippen LogP) is 3.10. The molecule has 2 amide bonds. The summed E-state index contributed by atoms with van der Waals surface area (Å²) in [5, 5.41) is 7.46. The molecule has 0 bridgehead atoms. The van der Waals surface area contributed by atoms with E-state index >= 15 is 0 Å². The second kappa shape index (κ2) is 10.4. The number of hydrogen-bond acceptors (Lipinski definition) is 6. The molecule has 3 rings (SSSR count). The van der Waals surface area contributed by atoms with E-state index in [2.05, 4.69) is 21.4 Å². The van der Waals surface area contributed by atoms with Crippen molar-refractivity contribution in [1.29, 1.82) is 0 Å². The molecule has 8 heteroatoms. The SMILES string of the molecule is C#CCN(C(C)=O)c1cccc(C(=O)NC2(c3noc(CN(C)C)n3)CCCCCC2)c1. The summed E-state index contributed by atoms with van der Waals surface area (Å²) in [4.78, 5) is 33.4. The molecule has 1 aliphatic carbocycles. The minimum Gasteiger partial charge on any atom is -0.339 e. The summed E-state index contributed by atoms with van der Waals surface area (Å²) in [7, 11) is 3.87. The number of nitrogens with one attached hydrogen (secondary N) is 1. The van der Waals surface area contributed by atoms with E-state index in [1.54, 1.807) is 24.3 Å². The summed E-state index contributed by atoms with van der Waals surface area (Å²) in [6.45, 7) is 2.13. The highest BCUT2D eigenvalue weighted by molar-refractivity contribution is 5.98. The fraction of sp³-hybridized carbons (Fsp3) is 0.500. The Kier molecular flexibility index (Phi) is 7.65. The van der Waals surface area contributed by atoms with Crippen LogP contribution in [0.4, 0.5) is 5.69 Å². The van der Waals surface area contributed by atoms with Gasteiger partial charge >= 0.3 is 0 Å². The third-order valence-corrected chi connectivity index (χ3v) is 5.71. The molecule has 1 aliphatic rings. The van der Waals surface area contributed by atoms with Crippen LogP contribution in [0.3, 0.4) is 0 Å². The molecule has 0 saturated heterocycles. The zero-order chi connectivity index (χ0) is 23.1. The Bertz CT molecular complexity index is 984. The van der Waals surface area contributed by atoms with E-state index in [1.807, 2.05) is 19.0 Å². The van der Waals surface area contributed by atoms with Gasteiger partial charge in [0, 0.05) is 18.2 Å². The lowest BCUT2D eigenvalue weighted by molar-refractivity contribution is -0.116. The van der Waals surface area contributed by atoms with Gasteiger partial charge in [-0.15, -0.1) is 6.42 Å². The van der Waals surface area contributed by atoms with Crippen molar-refractivity contribution in [3.05, 3.63) is 41.5 Å². The van der Waals surface area contributed by atoms with Gasteiger partial charge in [-0.3, -0.25) is 9.59 Å². The monoisotopic (exact) mass is 437 g/mol. The fourth-order valence-electron chi connectivity index (χ4n) is 4.10. The Morgan fingerprint density at radius 3 is 2.56 bits per heavy atom. The summed E-state index contributed by atoms with van der Waals surface area (Å²) in [6.07, 6.45) is 11.1. The van der Waals surface area contributed by atoms with Gasteiger partial charge in [0.15, 0.2) is 5.82 Å². The van der Waals surface area contributed by atoms with E-state index in [1.165, 1.54) is 11.8 Å². The molecular weight excluding hydrogens is 406 g/mol. The molecule has 170 valence electrons. The van der Waals surface area contributed by atoms with Gasteiger partial charge in [0.1, 0.15) is 5.54 Å². The summed E-state index contributed by atoms with van der Waals surface area (Å²) in [5.41, 5.74) is 0.355. The molecule has 1 aromatic heterocycles. The Balaban J connectivity index is 1.89. The van der Waals surface area contributed by atoms with Crippen molar-refractivity contribution >= 4 is 17.5 Å². The number of carbonyl (C=O) groups is 2. The number of amides is 2. The van der Waals surface area contributed by atoms with E-state index in [0.29, 0.717) is 29.5 Å². The van der Waals surface area contributed by atoms with Crippen LogP contribution in [0.25, 0.3) is 0 Å². The van der Waals surface area contributed by atoms with Gasteiger partial charge < -0.3 is 19.6 Å². The topological polar surface area (TPSA) is 91.6 Å². The first-order valence-electron chi connectivity index (χ1n) is 11.0. The van der Waals surface area contributed by atoms with Crippen LogP contribution in [0.1, 0.15) is 67.5 Å². The molecule has 32 heavy (non-hydrogen) atoms. The maximum absolute atomic E-state index is 13.3. The van der Waals surface area contributed by atoms with Gasteiger partial charge in [0.25, 0.3) is 5.91 Å². The minimum absolute atomic E-state index is 0.141. The van der Waals surface area contributed by atoms with E-state index in [-0.39, 0.29) is 18.4 Å². The van der Waals surface area contributed by atoms with Gasteiger partial charge in [-0.25, -0.2) is 0 Å². The first-order chi connectivity index (χ1) is 15.3. The molecule has 1 fully saturated rings. The summed E-state index contributed by atoms with van der Waals surface area (Å²) >= 11 is 0. The Morgan fingerprint density at radius 1 is 1.22 bits per heavy atom. The van der Waals surface area contributed by atoms with Gasteiger partial charge in [0.05, 0.1) is 13.1 Å². The van der Waals surface area contributed by atoms with Crippen molar-refractivity contribution in [2.45, 2.75) is 57.5 Å². The molecule has 1 aromatic carbocycles. The van der Waals surface area contributed by atoms with Crippen molar-refractivity contribution in [1.82, 2.24) is 20.4 Å². The molecule has 0 radical (unpaired) electrons. The number of nitrogens with zero attached hydrogens (tertiary/aromatic N) is 4. The lowest BCUT2D eigenvalue weighted by Gasteiger charge is -2.31. The van der Waals surface area contributed by atoms with Crippen molar-refractivity contribution in [2.24, 2.45) is 0 Å². The number of hydrogen-bond donors (Lipinski definition) is 1. The zero-order valence-corrected chi connectivity index (χ0v) is 19.1. The molecule has 2 aromatic rings. The van der Waals surface area contributed by atoms with Crippen LogP contribution in [-0.4, -0.2) is 47.5 Å². The Hall–Kier alpha value is -3.18. The second-order valence-corrected chi connectivity index (χ2v) is 8.56. The Labute approximate surface area is 189 Å². The number of terminal acetylenes is 1. The molecule has 0 spiro atoms. The Morgan fingerprint density at radius 2 is 1.94 bits per heavy atom. The second-order valence-electron chi connectivity index (χ2n) is 8.56. The fourth-order valence-corrected chi connectivity index (χ4v) is 4.10. The van der Waals surface area contributed by atoms with E-state index in [0.717, 1.165) is 38.5 Å². The van der Waals surface area contributed by atoms with Crippen LogP contribution >= 0.6 is 0 Å². The molecule has 0 aliphatic heterocycles. The molecule has 0 atom stereocenters. The predicted molar refractivity (Wildman–Crippen MR) is 122 cm³/mol. The van der Waals surface area contributed by atoms with Crippen LogP contribution < -0.4 is 10.2 Å². The van der Waals surface area contributed by atoms with Crippen LogP contribution in [0.5, 0.6) is 0 Å². The number of benzene rings is 1. The lowest BCUT2D eigenvalue weighted by atomic mass is 9.88. The third kappa shape index (κ3) is 5.54. The molecule has 1 saturated carbocycles. The van der Waals surface area contributed by atoms with Gasteiger partial charge in [-0.1, -0.05) is 42.8 Å². The summed E-state index contributed by atoms with van der Waals surface area (Å²) in [5.74, 6) is 3.12. The third-order valence-electron chi connectivity index (χ3n) is 5.71. The molecule has 1 N–H and O–H groups in total. The van der Waals surface area contributed by atoms with Crippen LogP contribution in [0, 0.1) is 12.3 Å². The van der Waals surface area contributed by atoms with Gasteiger partial charge in [0.2, 0.25) is 11.8 Å². The first kappa shape index (κ1) is 23.5. The molecular formula is C24H31N5O3. The maximum Gasteiger partial charge on any atom is 0.252 e. The van der Waals surface area contributed by atoms with Crippen LogP contribution in [0.15, 0.2) is 28.8 Å². The number of rotatable bonds is 7. The summed E-state index contributed by atoms with van der Waals surface area (Å²) < 4.78 is 5.47. The van der Waals surface area contributed by atoms with Gasteiger partial charge in [-0.2, -0.15) is 4.98 Å². The van der Waals surface area contributed by atoms with Crippen LogP contribution in [0.2, 0.25) is 0 Å². The van der Waals surface area contributed by atoms with Crippen molar-refractivity contribution in [3.63, 3.8) is 0 Å². The normalized spacial score (nSPS) is 15.6. The summed E-state index contributed by atoms with van der Waals surface area (Å²) in [6, 6.07) is 6.93. The van der Waals surface area contributed by atoms with Crippen LogP contribution in [-0.2, 0) is 16.9 Å². The molecule has 8 nitrogen and oxygen atoms in total. The van der Waals surface area contributed by atoms with E-state index in [4.69, 9.17) is 10.9 Å². The standard InChI is InChI=1S/C24H31N5O3/c1-5-15-29(18(2)30)20-12-10-11-19(16-20)22(31)26-24(13-8-6-7-9-14-24)23-25-21(32-27-23)17-28(3)4/h1,10-12,16H,6-9,13-15,17H2,2-4H3,(H,26,31). The quantitative estimate of drug-likeness (QED) is 0.529. The smallest absolute Gasteiger partial charge is 0.252 e. The van der Waals surface area contributed by atoms with Crippen molar-refractivity contribution in [3.8, 4) is 12.3 Å².